The van der Waals surface area contributed by atoms with E-state index >= 15 is 0 Å². The van der Waals surface area contributed by atoms with Crippen molar-refractivity contribution in [2.75, 3.05) is 6.61 Å². The molecule has 4 nitrogen and oxygen atoms in total. The molecular formula is C70H129NO3. The fourth-order valence-electron chi connectivity index (χ4n) is 10.3. The van der Waals surface area contributed by atoms with Crippen LogP contribution in [0.3, 0.4) is 0 Å². The third-order valence-corrected chi connectivity index (χ3v) is 15.2. The predicted octanol–water partition coefficient (Wildman–Crippen LogP) is 22.5. The van der Waals surface area contributed by atoms with Gasteiger partial charge in [-0.25, -0.2) is 0 Å². The van der Waals surface area contributed by atoms with Crippen molar-refractivity contribution in [3.05, 3.63) is 72.9 Å². The quantitative estimate of drug-likeness (QED) is 0.0420. The molecule has 0 aliphatic rings. The maximum Gasteiger partial charge on any atom is 0.220 e. The molecule has 0 aromatic rings. The van der Waals surface area contributed by atoms with Gasteiger partial charge in [0, 0.05) is 6.42 Å². The molecule has 0 aliphatic heterocycles. The Labute approximate surface area is 463 Å². The molecule has 0 spiro atoms. The zero-order valence-electron chi connectivity index (χ0n) is 49.9. The predicted molar refractivity (Wildman–Crippen MR) is 331 cm³/mol. The third kappa shape index (κ3) is 60.7. The Morgan fingerprint density at radius 3 is 0.892 bits per heavy atom. The van der Waals surface area contributed by atoms with Gasteiger partial charge in [-0.15, -0.1) is 0 Å². The molecule has 2 atom stereocenters. The number of nitrogens with one attached hydrogen (secondary N) is 1. The van der Waals surface area contributed by atoms with Gasteiger partial charge >= 0.3 is 0 Å². The van der Waals surface area contributed by atoms with Crippen molar-refractivity contribution in [1.82, 2.24) is 5.32 Å². The number of aliphatic hydroxyl groups excluding tert-OH is 2. The molecule has 0 heterocycles. The Morgan fingerprint density at radius 1 is 0.338 bits per heavy atom. The molecule has 0 saturated carbocycles. The van der Waals surface area contributed by atoms with Crippen molar-refractivity contribution in [1.29, 1.82) is 0 Å². The zero-order valence-corrected chi connectivity index (χ0v) is 49.9. The van der Waals surface area contributed by atoms with Gasteiger partial charge in [0.05, 0.1) is 18.8 Å². The first-order valence-electron chi connectivity index (χ1n) is 33.1. The molecule has 0 aliphatic carbocycles. The van der Waals surface area contributed by atoms with Gasteiger partial charge < -0.3 is 15.5 Å². The van der Waals surface area contributed by atoms with E-state index in [9.17, 15) is 15.0 Å². The number of unbranched alkanes of at least 4 members (excludes halogenated alkanes) is 42. The van der Waals surface area contributed by atoms with Gasteiger partial charge in [0.1, 0.15) is 0 Å². The van der Waals surface area contributed by atoms with Gasteiger partial charge in [0.25, 0.3) is 0 Å². The van der Waals surface area contributed by atoms with Crippen LogP contribution in [0.1, 0.15) is 348 Å². The fraction of sp³-hybridized carbons (Fsp3) is 0.814. The largest absolute Gasteiger partial charge is 0.394 e. The molecule has 0 aromatic carbocycles. The number of allylic oxidation sites excluding steroid dienone is 12. The van der Waals surface area contributed by atoms with Gasteiger partial charge in [-0.1, -0.05) is 350 Å². The normalized spacial score (nSPS) is 13.2. The minimum absolute atomic E-state index is 0.0258. The summed E-state index contributed by atoms with van der Waals surface area (Å²) in [5, 5.41) is 23.4. The summed E-state index contributed by atoms with van der Waals surface area (Å²) in [5.41, 5.74) is 0. The molecule has 432 valence electrons. The second-order valence-electron chi connectivity index (χ2n) is 22.5. The summed E-state index contributed by atoms with van der Waals surface area (Å²) in [7, 11) is 0. The maximum absolute atomic E-state index is 12.5. The summed E-state index contributed by atoms with van der Waals surface area (Å²) in [6, 6.07) is -0.538. The van der Waals surface area contributed by atoms with E-state index < -0.39 is 12.1 Å². The molecule has 0 rings (SSSR count). The van der Waals surface area contributed by atoms with Crippen molar-refractivity contribution >= 4 is 5.91 Å². The topological polar surface area (TPSA) is 69.6 Å². The van der Waals surface area contributed by atoms with Crippen LogP contribution in [0, 0.1) is 0 Å². The number of carbonyl (C=O) groups excluding carboxylic acids is 1. The standard InChI is InChI=1S/C70H129NO3/c1-3-5-7-9-11-13-15-17-19-21-23-25-27-28-29-30-31-32-33-34-35-36-37-38-39-40-41-42-44-46-48-50-52-54-56-58-60-62-64-66-70(74)71-68(67-72)69(73)65-63-61-59-57-55-53-51-49-47-45-43-26-24-22-20-18-16-14-12-10-8-6-4-2/h5,7,11,13,17,19,23,25,28-29,31-32,68-69,72-73H,3-4,6,8-10,12,14-16,18,20-22,24,26-27,30,33-67H2,1-2H3,(H,71,74)/b7-5-,13-11-,19-17-,25-23-,29-28-,32-31-. The van der Waals surface area contributed by atoms with Crippen LogP contribution >= 0.6 is 0 Å². The Morgan fingerprint density at radius 2 is 0.595 bits per heavy atom. The van der Waals surface area contributed by atoms with Gasteiger partial charge in [-0.2, -0.15) is 0 Å². The first-order valence-corrected chi connectivity index (χ1v) is 33.1. The lowest BCUT2D eigenvalue weighted by Crippen LogP contribution is -2.45. The highest BCUT2D eigenvalue weighted by atomic mass is 16.3. The highest BCUT2D eigenvalue weighted by Gasteiger charge is 2.20. The van der Waals surface area contributed by atoms with Crippen molar-refractivity contribution in [2.45, 2.75) is 360 Å². The first-order chi connectivity index (χ1) is 36.7. The van der Waals surface area contributed by atoms with Crippen LogP contribution in [0.15, 0.2) is 72.9 Å². The summed E-state index contributed by atoms with van der Waals surface area (Å²) in [6.07, 6.45) is 93.6. The summed E-state index contributed by atoms with van der Waals surface area (Å²) in [5.74, 6) is -0.0258. The molecule has 0 radical (unpaired) electrons. The van der Waals surface area contributed by atoms with Crippen molar-refractivity contribution in [3.63, 3.8) is 0 Å². The first kappa shape index (κ1) is 71.8. The average Bonchev–Trinajstić information content (AvgIpc) is 3.40. The number of carbonyl (C=O) groups is 1. The van der Waals surface area contributed by atoms with E-state index in [0.717, 1.165) is 64.2 Å². The van der Waals surface area contributed by atoms with Crippen LogP contribution in [0.4, 0.5) is 0 Å². The van der Waals surface area contributed by atoms with Crippen LogP contribution < -0.4 is 5.32 Å². The number of aliphatic hydroxyl groups is 2. The average molecular weight is 1030 g/mol. The zero-order chi connectivity index (χ0) is 53.4. The fourth-order valence-corrected chi connectivity index (χ4v) is 10.3. The monoisotopic (exact) mass is 1030 g/mol. The van der Waals surface area contributed by atoms with E-state index in [1.165, 1.54) is 257 Å². The second-order valence-corrected chi connectivity index (χ2v) is 22.5. The van der Waals surface area contributed by atoms with E-state index in [2.05, 4.69) is 92.1 Å². The minimum Gasteiger partial charge on any atom is -0.394 e. The summed E-state index contributed by atoms with van der Waals surface area (Å²) >= 11 is 0. The van der Waals surface area contributed by atoms with E-state index in [4.69, 9.17) is 0 Å². The van der Waals surface area contributed by atoms with Gasteiger partial charge in [-0.05, 0) is 64.2 Å². The van der Waals surface area contributed by atoms with E-state index in [1.807, 2.05) is 0 Å². The van der Waals surface area contributed by atoms with Crippen LogP contribution in [-0.4, -0.2) is 34.9 Å². The van der Waals surface area contributed by atoms with Crippen molar-refractivity contribution in [3.8, 4) is 0 Å². The smallest absolute Gasteiger partial charge is 0.220 e. The SMILES string of the molecule is CC/C=C\C/C=C\C/C=C\C/C=C\C/C=C\C/C=C\CCCCCCCCCCCCCCCCCCCCCCC(=O)NC(CO)C(O)CCCCCCCCCCCCCCCCCCCCCCCCC. The number of hydrogen-bond donors (Lipinski definition) is 3. The number of hydrogen-bond acceptors (Lipinski definition) is 3. The molecular weight excluding hydrogens is 903 g/mol. The Hall–Kier alpha value is -2.17. The maximum atomic E-state index is 12.5. The molecule has 2 unspecified atom stereocenters. The highest BCUT2D eigenvalue weighted by Crippen LogP contribution is 2.18. The molecule has 0 aromatic heterocycles. The van der Waals surface area contributed by atoms with Crippen LogP contribution in [-0.2, 0) is 4.79 Å². The molecule has 1 amide bonds. The van der Waals surface area contributed by atoms with Gasteiger partial charge in [0.2, 0.25) is 5.91 Å². The molecule has 0 bridgehead atoms. The molecule has 3 N–H and O–H groups in total. The Balaban J connectivity index is 3.42. The second kappa shape index (κ2) is 65.1. The number of amides is 1. The van der Waals surface area contributed by atoms with Crippen molar-refractivity contribution in [2.24, 2.45) is 0 Å². The Bertz CT molecular complexity index is 1260. The summed E-state index contributed by atoms with van der Waals surface area (Å²) in [4.78, 5) is 12.5. The summed E-state index contributed by atoms with van der Waals surface area (Å²) < 4.78 is 0. The molecule has 4 heteroatoms. The van der Waals surface area contributed by atoms with Gasteiger partial charge in [-0.3, -0.25) is 4.79 Å². The molecule has 0 saturated heterocycles. The van der Waals surface area contributed by atoms with Crippen LogP contribution in [0.5, 0.6) is 0 Å². The minimum atomic E-state index is -0.661. The van der Waals surface area contributed by atoms with Crippen LogP contribution in [0.25, 0.3) is 0 Å². The number of rotatable bonds is 61. The molecule has 74 heavy (non-hydrogen) atoms. The van der Waals surface area contributed by atoms with E-state index in [-0.39, 0.29) is 12.5 Å². The lowest BCUT2D eigenvalue weighted by atomic mass is 10.0. The highest BCUT2D eigenvalue weighted by molar-refractivity contribution is 5.76. The van der Waals surface area contributed by atoms with E-state index in [0.29, 0.717) is 12.8 Å². The van der Waals surface area contributed by atoms with Gasteiger partial charge in [0.15, 0.2) is 0 Å². The lowest BCUT2D eigenvalue weighted by molar-refractivity contribution is -0.123. The van der Waals surface area contributed by atoms with Crippen molar-refractivity contribution < 1.29 is 15.0 Å². The Kier molecular flexibility index (Phi) is 63.2. The lowest BCUT2D eigenvalue weighted by Gasteiger charge is -2.22. The van der Waals surface area contributed by atoms with Crippen LogP contribution in [0.2, 0.25) is 0 Å². The third-order valence-electron chi connectivity index (χ3n) is 15.2. The summed E-state index contributed by atoms with van der Waals surface area (Å²) in [6.45, 7) is 4.28. The van der Waals surface area contributed by atoms with E-state index in [1.54, 1.807) is 0 Å². The molecule has 0 fully saturated rings.